The predicted molar refractivity (Wildman–Crippen MR) is 77.4 cm³/mol. The minimum absolute atomic E-state index is 0.105. The first-order chi connectivity index (χ1) is 9.51. The fourth-order valence-corrected chi connectivity index (χ4v) is 3.45. The van der Waals surface area contributed by atoms with Crippen molar-refractivity contribution in [3.63, 3.8) is 0 Å². The van der Waals surface area contributed by atoms with Crippen LogP contribution in [0.5, 0.6) is 0 Å². The van der Waals surface area contributed by atoms with E-state index in [1.165, 1.54) is 0 Å². The highest BCUT2D eigenvalue weighted by Crippen LogP contribution is 2.26. The normalized spacial score (nSPS) is 35.2. The SMILES string of the molecule is CO[C@H]1C[C@@H](CN(C)C(=O)C2CCC(O)CC2)N(C)C1. The summed E-state index contributed by atoms with van der Waals surface area (Å²) in [5.74, 6) is 0.347. The van der Waals surface area contributed by atoms with Gasteiger partial charge in [-0.25, -0.2) is 0 Å². The number of aliphatic hydroxyl groups excluding tert-OH is 1. The van der Waals surface area contributed by atoms with Crippen molar-refractivity contribution >= 4 is 5.91 Å². The molecular formula is C15H28N2O3. The first-order valence-corrected chi connectivity index (χ1v) is 7.67. The number of methoxy groups -OCH3 is 1. The lowest BCUT2D eigenvalue weighted by molar-refractivity contribution is -0.136. The van der Waals surface area contributed by atoms with Gasteiger partial charge in [0.25, 0.3) is 0 Å². The Kier molecular flexibility index (Phi) is 5.41. The van der Waals surface area contributed by atoms with E-state index in [1.807, 2.05) is 11.9 Å². The molecule has 1 saturated heterocycles. The van der Waals surface area contributed by atoms with Crippen LogP contribution in [0.25, 0.3) is 0 Å². The highest BCUT2D eigenvalue weighted by molar-refractivity contribution is 5.78. The number of aliphatic hydroxyl groups is 1. The number of rotatable bonds is 4. The van der Waals surface area contributed by atoms with Gasteiger partial charge in [0, 0.05) is 39.2 Å². The molecule has 1 aliphatic heterocycles. The molecule has 0 bridgehead atoms. The van der Waals surface area contributed by atoms with Crippen molar-refractivity contribution in [2.24, 2.45) is 5.92 Å². The second kappa shape index (κ2) is 6.87. The van der Waals surface area contributed by atoms with E-state index >= 15 is 0 Å². The number of carbonyl (C=O) groups excluding carboxylic acids is 1. The maximum atomic E-state index is 12.4. The van der Waals surface area contributed by atoms with Crippen molar-refractivity contribution in [2.75, 3.05) is 34.3 Å². The van der Waals surface area contributed by atoms with Gasteiger partial charge >= 0.3 is 0 Å². The Morgan fingerprint density at radius 3 is 2.55 bits per heavy atom. The van der Waals surface area contributed by atoms with Crippen LogP contribution in [0.15, 0.2) is 0 Å². The van der Waals surface area contributed by atoms with Gasteiger partial charge in [-0.05, 0) is 39.2 Å². The van der Waals surface area contributed by atoms with Crippen LogP contribution < -0.4 is 0 Å². The predicted octanol–water partition coefficient (Wildman–Crippen LogP) is 0.715. The number of carbonyl (C=O) groups is 1. The second-order valence-electron chi connectivity index (χ2n) is 6.41. The van der Waals surface area contributed by atoms with E-state index in [-0.39, 0.29) is 17.9 Å². The van der Waals surface area contributed by atoms with E-state index in [2.05, 4.69) is 11.9 Å². The maximum Gasteiger partial charge on any atom is 0.225 e. The average molecular weight is 284 g/mol. The Bertz CT molecular complexity index is 329. The van der Waals surface area contributed by atoms with Crippen molar-refractivity contribution in [2.45, 2.75) is 50.4 Å². The summed E-state index contributed by atoms with van der Waals surface area (Å²) in [4.78, 5) is 16.6. The molecule has 116 valence electrons. The third-order valence-electron chi connectivity index (χ3n) is 4.89. The first kappa shape index (κ1) is 15.7. The summed E-state index contributed by atoms with van der Waals surface area (Å²) >= 11 is 0. The molecular weight excluding hydrogens is 256 g/mol. The topological polar surface area (TPSA) is 53.0 Å². The maximum absolute atomic E-state index is 12.4. The van der Waals surface area contributed by atoms with Crippen molar-refractivity contribution in [3.05, 3.63) is 0 Å². The summed E-state index contributed by atoms with van der Waals surface area (Å²) in [5.41, 5.74) is 0. The molecule has 1 aliphatic carbocycles. The highest BCUT2D eigenvalue weighted by atomic mass is 16.5. The number of likely N-dealkylation sites (N-methyl/N-ethyl adjacent to an activating group) is 2. The Labute approximate surface area is 121 Å². The molecule has 0 spiro atoms. The standard InChI is InChI=1S/C15H28N2O3/c1-16-10-14(20-3)8-12(16)9-17(2)15(19)11-4-6-13(18)7-5-11/h11-14,18H,4-10H2,1-3H3/t11?,12-,13?,14-/m0/s1. The third kappa shape index (κ3) is 3.71. The zero-order valence-electron chi connectivity index (χ0n) is 12.9. The van der Waals surface area contributed by atoms with Crippen LogP contribution in [0.1, 0.15) is 32.1 Å². The first-order valence-electron chi connectivity index (χ1n) is 7.67. The van der Waals surface area contributed by atoms with Crippen molar-refractivity contribution in [1.29, 1.82) is 0 Å². The number of hydrogen-bond donors (Lipinski definition) is 1. The fraction of sp³-hybridized carbons (Fsp3) is 0.933. The molecule has 0 aromatic heterocycles. The van der Waals surface area contributed by atoms with Gasteiger partial charge in [-0.1, -0.05) is 0 Å². The highest BCUT2D eigenvalue weighted by Gasteiger charge is 2.33. The molecule has 1 heterocycles. The van der Waals surface area contributed by atoms with Gasteiger partial charge < -0.3 is 14.7 Å². The number of ether oxygens (including phenoxy) is 1. The van der Waals surface area contributed by atoms with Crippen LogP contribution in [0, 0.1) is 5.92 Å². The van der Waals surface area contributed by atoms with Crippen LogP contribution in [-0.4, -0.2) is 73.4 Å². The summed E-state index contributed by atoms with van der Waals surface area (Å²) in [6, 6.07) is 0.392. The van der Waals surface area contributed by atoms with Gasteiger partial charge in [-0.2, -0.15) is 0 Å². The van der Waals surface area contributed by atoms with Crippen LogP contribution in [0.2, 0.25) is 0 Å². The van der Waals surface area contributed by atoms with Gasteiger partial charge in [0.05, 0.1) is 12.2 Å². The molecule has 0 radical (unpaired) electrons. The Balaban J connectivity index is 1.82. The Hall–Kier alpha value is -0.650. The minimum Gasteiger partial charge on any atom is -0.393 e. The van der Waals surface area contributed by atoms with E-state index in [1.54, 1.807) is 7.11 Å². The summed E-state index contributed by atoms with van der Waals surface area (Å²) in [7, 11) is 5.75. The van der Waals surface area contributed by atoms with Gasteiger partial charge in [0.1, 0.15) is 0 Å². The van der Waals surface area contributed by atoms with Crippen molar-refractivity contribution in [3.8, 4) is 0 Å². The van der Waals surface area contributed by atoms with E-state index in [9.17, 15) is 9.90 Å². The Morgan fingerprint density at radius 2 is 2.00 bits per heavy atom. The second-order valence-corrected chi connectivity index (χ2v) is 6.41. The van der Waals surface area contributed by atoms with E-state index in [0.717, 1.165) is 45.2 Å². The molecule has 2 fully saturated rings. The van der Waals surface area contributed by atoms with Gasteiger partial charge in [-0.15, -0.1) is 0 Å². The molecule has 1 saturated carbocycles. The lowest BCUT2D eigenvalue weighted by Crippen LogP contribution is -2.42. The zero-order valence-corrected chi connectivity index (χ0v) is 12.9. The van der Waals surface area contributed by atoms with Crippen LogP contribution in [-0.2, 0) is 9.53 Å². The zero-order chi connectivity index (χ0) is 14.7. The van der Waals surface area contributed by atoms with E-state index in [4.69, 9.17) is 4.74 Å². The lowest BCUT2D eigenvalue weighted by atomic mass is 9.86. The molecule has 0 unspecified atom stereocenters. The summed E-state index contributed by atoms with van der Waals surface area (Å²) in [6.07, 6.45) is 4.26. The molecule has 2 rings (SSSR count). The average Bonchev–Trinajstić information content (AvgIpc) is 2.79. The molecule has 0 aromatic rings. The third-order valence-corrected chi connectivity index (χ3v) is 4.89. The van der Waals surface area contributed by atoms with Crippen LogP contribution in [0.3, 0.4) is 0 Å². The molecule has 5 heteroatoms. The molecule has 2 atom stereocenters. The largest absolute Gasteiger partial charge is 0.393 e. The van der Waals surface area contributed by atoms with Gasteiger partial charge in [0.15, 0.2) is 0 Å². The van der Waals surface area contributed by atoms with E-state index < -0.39 is 0 Å². The monoisotopic (exact) mass is 284 g/mol. The fourth-order valence-electron chi connectivity index (χ4n) is 3.45. The molecule has 5 nitrogen and oxygen atoms in total. The minimum atomic E-state index is -0.201. The van der Waals surface area contributed by atoms with Gasteiger partial charge in [0.2, 0.25) is 5.91 Å². The smallest absolute Gasteiger partial charge is 0.225 e. The molecule has 20 heavy (non-hydrogen) atoms. The molecule has 1 amide bonds. The summed E-state index contributed by atoms with van der Waals surface area (Å²) in [5, 5.41) is 9.52. The van der Waals surface area contributed by atoms with Crippen LogP contribution in [0.4, 0.5) is 0 Å². The Morgan fingerprint density at radius 1 is 1.35 bits per heavy atom. The summed E-state index contributed by atoms with van der Waals surface area (Å²) in [6.45, 7) is 1.72. The van der Waals surface area contributed by atoms with Crippen LogP contribution >= 0.6 is 0 Å². The number of hydrogen-bond acceptors (Lipinski definition) is 4. The van der Waals surface area contributed by atoms with Gasteiger partial charge in [-0.3, -0.25) is 9.69 Å². The molecule has 2 aliphatic rings. The van der Waals surface area contributed by atoms with Crippen molar-refractivity contribution in [1.82, 2.24) is 9.80 Å². The number of likely N-dealkylation sites (tertiary alicyclic amines) is 1. The number of amides is 1. The molecule has 1 N–H and O–H groups in total. The quantitative estimate of drug-likeness (QED) is 0.826. The summed E-state index contributed by atoms with van der Waals surface area (Å²) < 4.78 is 5.41. The lowest BCUT2D eigenvalue weighted by Gasteiger charge is -2.31. The number of nitrogens with zero attached hydrogens (tertiary/aromatic N) is 2. The van der Waals surface area contributed by atoms with E-state index in [0.29, 0.717) is 12.1 Å². The van der Waals surface area contributed by atoms with Crippen molar-refractivity contribution < 1.29 is 14.6 Å². The molecule has 0 aromatic carbocycles.